The average Bonchev–Trinajstić information content (AvgIpc) is 3.21. The first kappa shape index (κ1) is 19.8. The molecule has 0 radical (unpaired) electrons. The summed E-state index contributed by atoms with van der Waals surface area (Å²) in [5, 5.41) is 7.49. The molecule has 0 spiro atoms. The maximum Gasteiger partial charge on any atom is 0.193 e. The van der Waals surface area contributed by atoms with Crippen molar-refractivity contribution in [1.29, 1.82) is 0 Å². The van der Waals surface area contributed by atoms with E-state index in [1.165, 1.54) is 17.5 Å². The third kappa shape index (κ3) is 4.74. The topological polar surface area (TPSA) is 53.7 Å². The van der Waals surface area contributed by atoms with Crippen LogP contribution in [0.15, 0.2) is 39.8 Å². The van der Waals surface area contributed by atoms with Crippen LogP contribution in [0.5, 0.6) is 0 Å². The van der Waals surface area contributed by atoms with E-state index in [0.29, 0.717) is 5.92 Å². The highest BCUT2D eigenvalue weighted by molar-refractivity contribution is 14.0. The smallest absolute Gasteiger partial charge is 0.193 e. The van der Waals surface area contributed by atoms with Gasteiger partial charge in [-0.1, -0.05) is 35.5 Å². The monoisotopic (exact) mass is 454 g/mol. The van der Waals surface area contributed by atoms with E-state index in [4.69, 9.17) is 4.52 Å². The molecule has 1 aliphatic heterocycles. The molecule has 6 heteroatoms. The summed E-state index contributed by atoms with van der Waals surface area (Å²) in [6.45, 7) is 6.86. The van der Waals surface area contributed by atoms with E-state index in [9.17, 15) is 0 Å². The number of aromatic nitrogens is 1. The largest absolute Gasteiger partial charge is 0.361 e. The van der Waals surface area contributed by atoms with E-state index in [1.807, 2.05) is 20.9 Å². The van der Waals surface area contributed by atoms with Gasteiger partial charge < -0.3 is 14.7 Å². The van der Waals surface area contributed by atoms with Crippen LogP contribution in [-0.2, 0) is 6.42 Å². The van der Waals surface area contributed by atoms with Crippen molar-refractivity contribution in [2.75, 3.05) is 26.7 Å². The second-order valence-electron chi connectivity index (χ2n) is 6.37. The molecule has 5 nitrogen and oxygen atoms in total. The first-order valence-corrected chi connectivity index (χ1v) is 8.61. The predicted octanol–water partition coefficient (Wildman–Crippen LogP) is 3.52. The summed E-state index contributed by atoms with van der Waals surface area (Å²) < 4.78 is 5.22. The molecule has 2 heterocycles. The maximum atomic E-state index is 5.22. The van der Waals surface area contributed by atoms with Gasteiger partial charge in [0.15, 0.2) is 5.96 Å². The molecule has 1 saturated heterocycles. The zero-order valence-corrected chi connectivity index (χ0v) is 17.5. The van der Waals surface area contributed by atoms with Crippen LogP contribution in [0, 0.1) is 13.8 Å². The van der Waals surface area contributed by atoms with Gasteiger partial charge in [-0.25, -0.2) is 0 Å². The van der Waals surface area contributed by atoms with Crippen molar-refractivity contribution in [1.82, 2.24) is 15.4 Å². The van der Waals surface area contributed by atoms with Crippen LogP contribution in [0.1, 0.15) is 34.9 Å². The van der Waals surface area contributed by atoms with E-state index in [-0.39, 0.29) is 24.0 Å². The number of nitrogens with one attached hydrogen (secondary N) is 1. The Morgan fingerprint density at radius 1 is 1.32 bits per heavy atom. The van der Waals surface area contributed by atoms with Crippen LogP contribution in [0.2, 0.25) is 0 Å². The van der Waals surface area contributed by atoms with Crippen molar-refractivity contribution < 1.29 is 4.52 Å². The van der Waals surface area contributed by atoms with Crippen molar-refractivity contribution in [3.63, 3.8) is 0 Å². The lowest BCUT2D eigenvalue weighted by Gasteiger charge is -2.21. The molecule has 0 aliphatic carbocycles. The lowest BCUT2D eigenvalue weighted by Crippen LogP contribution is -2.40. The molecule has 2 aromatic rings. The van der Waals surface area contributed by atoms with E-state index >= 15 is 0 Å². The van der Waals surface area contributed by atoms with E-state index in [2.05, 4.69) is 50.7 Å². The van der Waals surface area contributed by atoms with Crippen LogP contribution in [0.25, 0.3) is 0 Å². The second-order valence-corrected chi connectivity index (χ2v) is 6.37. The highest BCUT2D eigenvalue weighted by Gasteiger charge is 2.25. The van der Waals surface area contributed by atoms with Gasteiger partial charge in [-0.15, -0.1) is 24.0 Å². The standard InChI is InChI=1S/C19H26N4O.HI/c1-14-18(15(2)24-22-14)9-11-21-19(20-3)23-12-10-17(13-23)16-7-5-4-6-8-16;/h4-8,17H,9-13H2,1-3H3,(H,20,21);1H. The minimum atomic E-state index is 0. The van der Waals surface area contributed by atoms with Gasteiger partial charge in [-0.3, -0.25) is 4.99 Å². The number of hydrogen-bond donors (Lipinski definition) is 1. The SMILES string of the molecule is CN=C(NCCc1c(C)noc1C)N1CCC(c2ccccc2)C1.I. The zero-order valence-electron chi connectivity index (χ0n) is 15.2. The van der Waals surface area contributed by atoms with Crippen molar-refractivity contribution in [2.24, 2.45) is 4.99 Å². The van der Waals surface area contributed by atoms with Crippen molar-refractivity contribution >= 4 is 29.9 Å². The van der Waals surface area contributed by atoms with Gasteiger partial charge in [0, 0.05) is 38.2 Å². The van der Waals surface area contributed by atoms with E-state index in [0.717, 1.165) is 43.5 Å². The summed E-state index contributed by atoms with van der Waals surface area (Å²) in [6, 6.07) is 10.8. The summed E-state index contributed by atoms with van der Waals surface area (Å²) in [7, 11) is 1.86. The minimum Gasteiger partial charge on any atom is -0.361 e. The normalized spacial score (nSPS) is 17.5. The second kappa shape index (κ2) is 9.22. The number of hydrogen-bond acceptors (Lipinski definition) is 3. The van der Waals surface area contributed by atoms with Gasteiger partial charge in [-0.2, -0.15) is 0 Å². The highest BCUT2D eigenvalue weighted by Crippen LogP contribution is 2.26. The Bertz CT molecular complexity index is 679. The molecule has 0 saturated carbocycles. The Balaban J connectivity index is 0.00000225. The molecule has 1 fully saturated rings. The predicted molar refractivity (Wildman–Crippen MR) is 112 cm³/mol. The third-order valence-corrected chi connectivity index (χ3v) is 4.81. The van der Waals surface area contributed by atoms with Crippen molar-refractivity contribution in [2.45, 2.75) is 32.6 Å². The maximum absolute atomic E-state index is 5.22. The number of aryl methyl sites for hydroxylation is 2. The number of guanidine groups is 1. The molecule has 1 aliphatic rings. The first-order chi connectivity index (χ1) is 11.7. The molecule has 1 N–H and O–H groups in total. The summed E-state index contributed by atoms with van der Waals surface area (Å²) in [4.78, 5) is 6.81. The fourth-order valence-electron chi connectivity index (χ4n) is 3.44. The molecule has 0 bridgehead atoms. The van der Waals surface area contributed by atoms with Crippen LogP contribution in [0.3, 0.4) is 0 Å². The molecule has 1 atom stereocenters. The molecule has 1 aromatic carbocycles. The molecular weight excluding hydrogens is 427 g/mol. The fraction of sp³-hybridized carbons (Fsp3) is 0.474. The van der Waals surface area contributed by atoms with Crippen LogP contribution >= 0.6 is 24.0 Å². The first-order valence-electron chi connectivity index (χ1n) is 8.61. The molecule has 1 aromatic heterocycles. The average molecular weight is 454 g/mol. The molecule has 1 unspecified atom stereocenters. The number of halogens is 1. The number of rotatable bonds is 4. The zero-order chi connectivity index (χ0) is 16.9. The Labute approximate surface area is 166 Å². The molecule has 25 heavy (non-hydrogen) atoms. The molecule has 0 amide bonds. The number of aliphatic imine (C=N–C) groups is 1. The van der Waals surface area contributed by atoms with Gasteiger partial charge in [0.2, 0.25) is 0 Å². The van der Waals surface area contributed by atoms with Crippen molar-refractivity contribution in [3.05, 3.63) is 52.9 Å². The van der Waals surface area contributed by atoms with Gasteiger partial charge >= 0.3 is 0 Å². The highest BCUT2D eigenvalue weighted by atomic mass is 127. The van der Waals surface area contributed by atoms with Crippen LogP contribution in [0.4, 0.5) is 0 Å². The minimum absolute atomic E-state index is 0. The Hall–Kier alpha value is -1.57. The number of likely N-dealkylation sites (tertiary alicyclic amines) is 1. The summed E-state index contributed by atoms with van der Waals surface area (Å²) in [5.74, 6) is 2.49. The van der Waals surface area contributed by atoms with Gasteiger partial charge in [0.25, 0.3) is 0 Å². The summed E-state index contributed by atoms with van der Waals surface area (Å²) in [6.07, 6.45) is 2.07. The Morgan fingerprint density at radius 2 is 2.08 bits per heavy atom. The van der Waals surface area contributed by atoms with Crippen LogP contribution in [-0.4, -0.2) is 42.7 Å². The molecular formula is C19H27IN4O. The Morgan fingerprint density at radius 3 is 2.72 bits per heavy atom. The lowest BCUT2D eigenvalue weighted by molar-refractivity contribution is 0.392. The van der Waals surface area contributed by atoms with Gasteiger partial charge in [0.05, 0.1) is 5.69 Å². The van der Waals surface area contributed by atoms with Crippen LogP contribution < -0.4 is 5.32 Å². The van der Waals surface area contributed by atoms with E-state index < -0.39 is 0 Å². The van der Waals surface area contributed by atoms with Crippen molar-refractivity contribution in [3.8, 4) is 0 Å². The third-order valence-electron chi connectivity index (χ3n) is 4.81. The van der Waals surface area contributed by atoms with E-state index in [1.54, 1.807) is 0 Å². The fourth-order valence-corrected chi connectivity index (χ4v) is 3.44. The quantitative estimate of drug-likeness (QED) is 0.437. The molecule has 3 rings (SSSR count). The number of nitrogens with zero attached hydrogens (tertiary/aromatic N) is 3. The van der Waals surface area contributed by atoms with Gasteiger partial charge in [0.1, 0.15) is 5.76 Å². The number of benzene rings is 1. The van der Waals surface area contributed by atoms with Gasteiger partial charge in [-0.05, 0) is 32.3 Å². The molecule has 136 valence electrons. The summed E-state index contributed by atoms with van der Waals surface area (Å²) >= 11 is 0. The lowest BCUT2D eigenvalue weighted by atomic mass is 9.99. The Kier molecular flexibility index (Phi) is 7.28. The summed E-state index contributed by atoms with van der Waals surface area (Å²) in [5.41, 5.74) is 3.60.